The molecule has 0 aliphatic carbocycles. The summed E-state index contributed by atoms with van der Waals surface area (Å²) in [6.45, 7) is 6.43. The summed E-state index contributed by atoms with van der Waals surface area (Å²) in [7, 11) is 0. The molecule has 0 saturated heterocycles. The summed E-state index contributed by atoms with van der Waals surface area (Å²) >= 11 is 11.5. The SMILES string of the molecule is CCCCCC(O)S.CCCCCC(O)S.CCCCCC(O)S.[Au]. The molecule has 0 spiro atoms. The molecule has 7 heteroatoms. The van der Waals surface area contributed by atoms with Crippen LogP contribution < -0.4 is 0 Å². The summed E-state index contributed by atoms with van der Waals surface area (Å²) in [6.07, 6.45) is 13.0. The Morgan fingerprint density at radius 3 is 0.840 bits per heavy atom. The van der Waals surface area contributed by atoms with E-state index in [0.717, 1.165) is 38.5 Å². The Kier molecular flexibility index (Phi) is 41.6. The molecule has 0 aliphatic heterocycles. The number of thiol groups is 3. The molecule has 0 heterocycles. The number of unbranched alkanes of at least 4 members (excludes halogenated alkanes) is 6. The van der Waals surface area contributed by atoms with Gasteiger partial charge < -0.3 is 15.3 Å². The van der Waals surface area contributed by atoms with E-state index in [1.165, 1.54) is 38.5 Å². The smallest absolute Gasteiger partial charge is 0.0964 e. The van der Waals surface area contributed by atoms with Gasteiger partial charge in [-0.05, 0) is 19.3 Å². The molecule has 1 radical (unpaired) electrons. The number of aliphatic hydroxyl groups is 3. The van der Waals surface area contributed by atoms with Gasteiger partial charge in [0.05, 0.1) is 16.3 Å². The first-order valence-corrected chi connectivity index (χ1v) is 10.9. The van der Waals surface area contributed by atoms with E-state index in [4.69, 9.17) is 15.3 Å². The summed E-state index contributed by atoms with van der Waals surface area (Å²) in [5, 5.41) is 25.9. The van der Waals surface area contributed by atoms with Gasteiger partial charge in [-0.15, -0.1) is 37.9 Å². The van der Waals surface area contributed by atoms with Crippen LogP contribution in [0.15, 0.2) is 0 Å². The van der Waals surface area contributed by atoms with Crippen molar-refractivity contribution in [2.45, 2.75) is 114 Å². The quantitative estimate of drug-likeness (QED) is 0.0784. The van der Waals surface area contributed by atoms with Crippen molar-refractivity contribution in [1.82, 2.24) is 0 Å². The van der Waals surface area contributed by atoms with E-state index >= 15 is 0 Å². The molecule has 3 atom stereocenters. The van der Waals surface area contributed by atoms with Gasteiger partial charge in [0, 0.05) is 22.4 Å². The van der Waals surface area contributed by atoms with E-state index < -0.39 is 16.3 Å². The molecule has 0 amide bonds. The van der Waals surface area contributed by atoms with Crippen molar-refractivity contribution in [2.24, 2.45) is 0 Å². The monoisotopic (exact) mass is 599 g/mol. The van der Waals surface area contributed by atoms with Crippen LogP contribution in [0.5, 0.6) is 0 Å². The second-order valence-corrected chi connectivity index (χ2v) is 7.72. The minimum absolute atomic E-state index is 0. The fourth-order valence-electron chi connectivity index (χ4n) is 1.73. The van der Waals surface area contributed by atoms with E-state index in [9.17, 15) is 0 Å². The Morgan fingerprint density at radius 1 is 0.520 bits per heavy atom. The minimum Gasteiger partial charge on any atom is -0.383 e. The Bertz CT molecular complexity index is 177. The first kappa shape index (κ1) is 34.2. The average Bonchev–Trinajstić information content (AvgIpc) is 2.48. The van der Waals surface area contributed by atoms with E-state index in [1.54, 1.807) is 0 Å². The van der Waals surface area contributed by atoms with Gasteiger partial charge in [0.1, 0.15) is 0 Å². The van der Waals surface area contributed by atoms with Crippen LogP contribution in [0.3, 0.4) is 0 Å². The van der Waals surface area contributed by atoms with Gasteiger partial charge in [-0.3, -0.25) is 0 Å². The van der Waals surface area contributed by atoms with Gasteiger partial charge in [-0.25, -0.2) is 0 Å². The predicted molar refractivity (Wildman–Crippen MR) is 117 cm³/mol. The van der Waals surface area contributed by atoms with Crippen LogP contribution in [0, 0.1) is 0 Å². The van der Waals surface area contributed by atoms with Crippen molar-refractivity contribution < 1.29 is 37.7 Å². The summed E-state index contributed by atoms with van der Waals surface area (Å²) < 4.78 is 0. The van der Waals surface area contributed by atoms with Gasteiger partial charge in [-0.2, -0.15) is 0 Å². The van der Waals surface area contributed by atoms with Crippen LogP contribution in [0.25, 0.3) is 0 Å². The Hall–Kier alpha value is 1.67. The maximum absolute atomic E-state index is 8.64. The van der Waals surface area contributed by atoms with Crippen molar-refractivity contribution in [2.75, 3.05) is 0 Å². The molecule has 3 N–H and O–H groups in total. The van der Waals surface area contributed by atoms with Gasteiger partial charge in [0.2, 0.25) is 0 Å². The zero-order chi connectivity index (χ0) is 19.2. The summed E-state index contributed by atoms with van der Waals surface area (Å²) in [5.74, 6) is 0. The third-order valence-electron chi connectivity index (χ3n) is 3.20. The van der Waals surface area contributed by atoms with Crippen molar-refractivity contribution in [3.8, 4) is 0 Å². The van der Waals surface area contributed by atoms with Crippen LogP contribution in [0.1, 0.15) is 97.8 Å². The topological polar surface area (TPSA) is 60.7 Å². The van der Waals surface area contributed by atoms with Gasteiger partial charge >= 0.3 is 0 Å². The van der Waals surface area contributed by atoms with Crippen LogP contribution >= 0.6 is 37.9 Å². The van der Waals surface area contributed by atoms with Crippen LogP contribution in [0.2, 0.25) is 0 Å². The van der Waals surface area contributed by atoms with E-state index in [1.807, 2.05) is 0 Å². The van der Waals surface area contributed by atoms with Crippen molar-refractivity contribution in [1.29, 1.82) is 0 Å². The second-order valence-electron chi connectivity index (χ2n) is 5.93. The fourth-order valence-corrected chi connectivity index (χ4v) is 2.28. The van der Waals surface area contributed by atoms with Gasteiger partial charge in [-0.1, -0.05) is 78.6 Å². The molecule has 3 nitrogen and oxygen atoms in total. The second kappa shape index (κ2) is 30.4. The number of hydrogen-bond acceptors (Lipinski definition) is 6. The Balaban J connectivity index is -0.000000130. The normalized spacial score (nSPS) is 13.3. The Morgan fingerprint density at radius 2 is 0.720 bits per heavy atom. The van der Waals surface area contributed by atoms with Crippen molar-refractivity contribution in [3.63, 3.8) is 0 Å². The van der Waals surface area contributed by atoms with Crippen LogP contribution in [-0.2, 0) is 22.4 Å². The molecule has 161 valence electrons. The van der Waals surface area contributed by atoms with Crippen LogP contribution in [0.4, 0.5) is 0 Å². The summed E-state index contributed by atoms with van der Waals surface area (Å²) in [4.78, 5) is 0. The van der Waals surface area contributed by atoms with E-state index in [0.29, 0.717) is 0 Å². The van der Waals surface area contributed by atoms with Gasteiger partial charge in [0.15, 0.2) is 0 Å². The average molecular weight is 600 g/mol. The van der Waals surface area contributed by atoms with Crippen LogP contribution in [-0.4, -0.2) is 31.6 Å². The third kappa shape index (κ3) is 51.8. The molecule has 0 aromatic heterocycles. The van der Waals surface area contributed by atoms with E-state index in [2.05, 4.69) is 58.7 Å². The van der Waals surface area contributed by atoms with Crippen molar-refractivity contribution >= 4 is 37.9 Å². The molecular weight excluding hydrogens is 557 g/mol. The molecule has 0 bridgehead atoms. The fraction of sp³-hybridized carbons (Fsp3) is 1.00. The standard InChI is InChI=1S/3C6H14OS.Au/c3*1-2-3-4-5-6(7)8;/h3*6-8H,2-5H2,1H3;. The molecular formula is C18H42AuO3S3. The zero-order valence-corrected chi connectivity index (χ0v) is 21.1. The van der Waals surface area contributed by atoms with Gasteiger partial charge in [0.25, 0.3) is 0 Å². The molecule has 0 aromatic carbocycles. The number of hydrogen-bond donors (Lipinski definition) is 6. The molecule has 0 aromatic rings. The maximum Gasteiger partial charge on any atom is 0.0964 e. The zero-order valence-electron chi connectivity index (χ0n) is 16.2. The largest absolute Gasteiger partial charge is 0.383 e. The first-order valence-electron chi connectivity index (χ1n) is 9.40. The minimum atomic E-state index is -0.401. The Labute approximate surface area is 188 Å². The first-order chi connectivity index (χ1) is 11.3. The molecule has 25 heavy (non-hydrogen) atoms. The van der Waals surface area contributed by atoms with E-state index in [-0.39, 0.29) is 22.4 Å². The maximum atomic E-state index is 8.64. The molecule has 0 saturated carbocycles. The molecule has 0 aliphatic rings. The molecule has 3 unspecified atom stereocenters. The number of aliphatic hydroxyl groups excluding tert-OH is 3. The number of rotatable bonds is 12. The predicted octanol–water partition coefficient (Wildman–Crippen LogP) is 5.44. The summed E-state index contributed by atoms with van der Waals surface area (Å²) in [5.41, 5.74) is -1.20. The molecule has 0 fully saturated rings. The molecule has 0 rings (SSSR count). The van der Waals surface area contributed by atoms with Crippen molar-refractivity contribution in [3.05, 3.63) is 0 Å². The third-order valence-corrected chi connectivity index (χ3v) is 3.97. The summed E-state index contributed by atoms with van der Waals surface area (Å²) in [6, 6.07) is 0.